The van der Waals surface area contributed by atoms with Crippen molar-refractivity contribution in [3.8, 4) is 17.6 Å². The number of pyridine rings is 1. The molecular formula is C21H12F7N5O3. The van der Waals surface area contributed by atoms with Crippen LogP contribution in [0.3, 0.4) is 0 Å². The molecule has 2 bridgehead atoms. The number of nitrogens with zero attached hydrogens (tertiary/aromatic N) is 5. The second kappa shape index (κ2) is 7.21. The van der Waals surface area contributed by atoms with E-state index < -0.39 is 54.1 Å². The van der Waals surface area contributed by atoms with Gasteiger partial charge in [0.05, 0.1) is 28.9 Å². The Morgan fingerprint density at radius 3 is 2.47 bits per heavy atom. The third kappa shape index (κ3) is 2.83. The van der Waals surface area contributed by atoms with Gasteiger partial charge in [-0.15, -0.1) is 0 Å². The van der Waals surface area contributed by atoms with E-state index in [0.717, 1.165) is 9.13 Å². The van der Waals surface area contributed by atoms with Crippen molar-refractivity contribution >= 4 is 16.8 Å². The smallest absolute Gasteiger partial charge is 0.460 e. The minimum absolute atomic E-state index is 0.0488. The molecule has 2 aromatic heterocycles. The number of hydrogen-bond acceptors (Lipinski definition) is 5. The van der Waals surface area contributed by atoms with Crippen molar-refractivity contribution in [2.75, 3.05) is 6.54 Å². The summed E-state index contributed by atoms with van der Waals surface area (Å²) in [4.78, 5) is 29.7. The number of nitriles is 1. The summed E-state index contributed by atoms with van der Waals surface area (Å²) in [5, 5.41) is 20.4. The van der Waals surface area contributed by atoms with Crippen LogP contribution in [0.2, 0.25) is 0 Å². The van der Waals surface area contributed by atoms with Gasteiger partial charge in [0.15, 0.2) is 0 Å². The van der Waals surface area contributed by atoms with Crippen LogP contribution < -0.4 is 5.69 Å². The monoisotopic (exact) mass is 515 g/mol. The van der Waals surface area contributed by atoms with Crippen molar-refractivity contribution in [1.29, 1.82) is 5.26 Å². The van der Waals surface area contributed by atoms with Crippen molar-refractivity contribution in [3.63, 3.8) is 0 Å². The molecule has 0 aliphatic carbocycles. The quantitative estimate of drug-likeness (QED) is 0.539. The summed E-state index contributed by atoms with van der Waals surface area (Å²) in [5.41, 5.74) is -0.851. The van der Waals surface area contributed by atoms with Crippen LogP contribution >= 0.6 is 0 Å². The van der Waals surface area contributed by atoms with E-state index in [4.69, 9.17) is 0 Å². The third-order valence-electron chi connectivity index (χ3n) is 6.45. The van der Waals surface area contributed by atoms with E-state index in [2.05, 4.69) is 4.98 Å². The Labute approximate surface area is 195 Å². The third-order valence-corrected chi connectivity index (χ3v) is 6.45. The first-order valence-electron chi connectivity index (χ1n) is 10.2. The Morgan fingerprint density at radius 2 is 1.83 bits per heavy atom. The molecule has 5 rings (SSSR count). The number of hydrogen-bond donors (Lipinski definition) is 1. The van der Waals surface area contributed by atoms with Gasteiger partial charge in [0, 0.05) is 18.1 Å². The molecule has 2 atom stereocenters. The van der Waals surface area contributed by atoms with Crippen LogP contribution in [-0.2, 0) is 4.79 Å². The van der Waals surface area contributed by atoms with Crippen LogP contribution in [0.15, 0.2) is 35.3 Å². The SMILES string of the molecule is N#Cc1ccc(-n2c(O)c3n(c2=O)[C@@H]2CC3N(C(=O)C(F)(F)C(F)(F)C(F)(F)F)C2)c2cccnc12. The number of benzene rings is 1. The first-order valence-corrected chi connectivity index (χ1v) is 10.2. The first-order chi connectivity index (χ1) is 16.7. The molecule has 188 valence electrons. The molecule has 4 heterocycles. The maximum Gasteiger partial charge on any atom is 0.460 e. The fourth-order valence-corrected chi connectivity index (χ4v) is 4.82. The molecule has 3 aromatic rings. The number of halogens is 7. The summed E-state index contributed by atoms with van der Waals surface area (Å²) in [6.45, 7) is -0.737. The Hall–Kier alpha value is -4.09. The van der Waals surface area contributed by atoms with Crippen LogP contribution in [0.25, 0.3) is 16.6 Å². The highest BCUT2D eigenvalue weighted by molar-refractivity contribution is 5.91. The minimum atomic E-state index is -6.69. The molecule has 1 fully saturated rings. The van der Waals surface area contributed by atoms with Crippen LogP contribution in [0.5, 0.6) is 5.88 Å². The highest BCUT2D eigenvalue weighted by Gasteiger charge is 2.77. The van der Waals surface area contributed by atoms with Gasteiger partial charge in [-0.25, -0.2) is 9.36 Å². The molecule has 1 amide bonds. The summed E-state index contributed by atoms with van der Waals surface area (Å²) >= 11 is 0. The summed E-state index contributed by atoms with van der Waals surface area (Å²) in [7, 11) is 0. The number of alkyl halides is 7. The van der Waals surface area contributed by atoms with Crippen molar-refractivity contribution < 1.29 is 40.6 Å². The highest BCUT2D eigenvalue weighted by Crippen LogP contribution is 2.53. The topological polar surface area (TPSA) is 104 Å². The van der Waals surface area contributed by atoms with Gasteiger partial charge >= 0.3 is 29.6 Å². The molecule has 1 aromatic carbocycles. The van der Waals surface area contributed by atoms with Crippen molar-refractivity contribution in [3.05, 3.63) is 52.2 Å². The van der Waals surface area contributed by atoms with Crippen molar-refractivity contribution in [2.45, 2.75) is 36.5 Å². The molecule has 1 saturated heterocycles. The van der Waals surface area contributed by atoms with Gasteiger partial charge in [0.2, 0.25) is 5.88 Å². The average Bonchev–Trinajstić information content (AvgIpc) is 3.48. The van der Waals surface area contributed by atoms with Gasteiger partial charge < -0.3 is 10.0 Å². The number of fused-ring (bicyclic) bond motifs is 6. The lowest BCUT2D eigenvalue weighted by molar-refractivity contribution is -0.346. The van der Waals surface area contributed by atoms with Crippen LogP contribution in [-0.4, -0.2) is 54.6 Å². The van der Waals surface area contributed by atoms with Crippen LogP contribution in [0, 0.1) is 11.3 Å². The van der Waals surface area contributed by atoms with Crippen molar-refractivity contribution in [2.24, 2.45) is 0 Å². The van der Waals surface area contributed by atoms with E-state index in [-0.39, 0.29) is 39.2 Å². The lowest BCUT2D eigenvalue weighted by atomic mass is 10.1. The molecule has 1 unspecified atom stereocenters. The molecule has 1 N–H and O–H groups in total. The summed E-state index contributed by atoms with van der Waals surface area (Å²) in [5.74, 6) is -16.3. The normalized spacial score (nSPS) is 19.6. The maximum atomic E-state index is 14.1. The molecule has 0 saturated carbocycles. The molecule has 2 aliphatic rings. The number of aromatic hydroxyl groups is 1. The number of amides is 1. The Morgan fingerprint density at radius 1 is 1.14 bits per heavy atom. The second-order valence-corrected chi connectivity index (χ2v) is 8.35. The average molecular weight is 515 g/mol. The first kappa shape index (κ1) is 23.6. The Balaban J connectivity index is 1.61. The Bertz CT molecular complexity index is 1540. The number of carbonyl (C=O) groups is 1. The van der Waals surface area contributed by atoms with Gasteiger partial charge in [-0.1, -0.05) is 0 Å². The highest BCUT2D eigenvalue weighted by atomic mass is 19.4. The summed E-state index contributed by atoms with van der Waals surface area (Å²) < 4.78 is 94.7. The molecule has 0 radical (unpaired) electrons. The molecule has 0 spiro atoms. The zero-order chi connectivity index (χ0) is 26.4. The molecular weight excluding hydrogens is 503 g/mol. The van der Waals surface area contributed by atoms with E-state index in [1.54, 1.807) is 0 Å². The molecule has 15 heteroatoms. The lowest BCUT2D eigenvalue weighted by Crippen LogP contribution is -2.60. The van der Waals surface area contributed by atoms with E-state index in [0.29, 0.717) is 0 Å². The van der Waals surface area contributed by atoms with Gasteiger partial charge in [-0.3, -0.25) is 14.3 Å². The zero-order valence-electron chi connectivity index (χ0n) is 17.6. The van der Waals surface area contributed by atoms with Crippen molar-refractivity contribution in [1.82, 2.24) is 19.0 Å². The van der Waals surface area contributed by atoms with E-state index >= 15 is 0 Å². The van der Waals surface area contributed by atoms with Gasteiger partial charge in [0.25, 0.3) is 0 Å². The number of rotatable bonds is 3. The lowest BCUT2D eigenvalue weighted by Gasteiger charge is -2.34. The predicted octanol–water partition coefficient (Wildman–Crippen LogP) is 3.43. The van der Waals surface area contributed by atoms with Crippen LogP contribution in [0.4, 0.5) is 30.7 Å². The molecule has 36 heavy (non-hydrogen) atoms. The fourth-order valence-electron chi connectivity index (χ4n) is 4.82. The second-order valence-electron chi connectivity index (χ2n) is 8.35. The zero-order valence-corrected chi connectivity index (χ0v) is 17.6. The van der Waals surface area contributed by atoms with Gasteiger partial charge in [0.1, 0.15) is 11.8 Å². The van der Waals surface area contributed by atoms with Crippen LogP contribution in [0.1, 0.15) is 29.8 Å². The number of aromatic nitrogens is 3. The standard InChI is InChI=1S/C21H12F7N5O3/c22-19(23,20(24,25)21(26,27)28)17(35)31-8-10-6-13(31)15-16(34)33(18(36)32(10)15)12-4-3-9(7-29)14-11(12)2-1-5-30-14/h1-5,10,13,34H,6,8H2/t10-,13?/m1/s1. The number of carbonyl (C=O) groups excluding carboxylic acids is 1. The molecule has 8 nitrogen and oxygen atoms in total. The fraction of sp³-hybridized carbons (Fsp3) is 0.333. The van der Waals surface area contributed by atoms with Gasteiger partial charge in [-0.05, 0) is 30.7 Å². The number of imidazole rings is 1. The summed E-state index contributed by atoms with van der Waals surface area (Å²) in [6.07, 6.45) is -5.55. The maximum absolute atomic E-state index is 14.1. The largest absolute Gasteiger partial charge is 0.493 e. The van der Waals surface area contributed by atoms with E-state index in [1.165, 1.54) is 30.5 Å². The minimum Gasteiger partial charge on any atom is -0.493 e. The van der Waals surface area contributed by atoms with E-state index in [1.807, 2.05) is 6.07 Å². The van der Waals surface area contributed by atoms with Gasteiger partial charge in [-0.2, -0.15) is 36.0 Å². The molecule has 2 aliphatic heterocycles. The van der Waals surface area contributed by atoms with E-state index in [9.17, 15) is 50.7 Å². The summed E-state index contributed by atoms with van der Waals surface area (Å²) in [6, 6.07) is 4.96. The Kier molecular flexibility index (Phi) is 4.74. The number of likely N-dealkylation sites (tertiary alicyclic amines) is 1. The predicted molar refractivity (Wildman–Crippen MR) is 106 cm³/mol.